The summed E-state index contributed by atoms with van der Waals surface area (Å²) in [5.41, 5.74) is 3.86. The van der Waals surface area contributed by atoms with Gasteiger partial charge in [-0.05, 0) is 50.5 Å². The molecule has 1 N–H and O–H groups in total. The molecule has 0 aliphatic rings. The first-order valence-electron chi connectivity index (χ1n) is 7.19. The Balaban J connectivity index is 2.55. The number of benzene rings is 1. The van der Waals surface area contributed by atoms with E-state index >= 15 is 0 Å². The monoisotopic (exact) mass is 287 g/mol. The van der Waals surface area contributed by atoms with Gasteiger partial charge in [0.15, 0.2) is 0 Å². The largest absolute Gasteiger partial charge is 0.355 e. The summed E-state index contributed by atoms with van der Waals surface area (Å²) in [5, 5.41) is 2.80. The van der Waals surface area contributed by atoms with E-state index in [0.717, 1.165) is 23.1 Å². The van der Waals surface area contributed by atoms with E-state index in [0.29, 0.717) is 17.8 Å². The minimum Gasteiger partial charge on any atom is -0.355 e. The summed E-state index contributed by atoms with van der Waals surface area (Å²) in [5.74, 6) is -0.149. The molecule has 2 aromatic rings. The third kappa shape index (κ3) is 3.12. The molecular weight excluding hydrogens is 266 g/mol. The number of nitrogens with one attached hydrogen (secondary N) is 1. The van der Waals surface area contributed by atoms with Crippen molar-refractivity contribution in [3.63, 3.8) is 0 Å². The molecule has 5 heteroatoms. The summed E-state index contributed by atoms with van der Waals surface area (Å²) in [7, 11) is 0. The predicted molar refractivity (Wildman–Crippen MR) is 83.5 cm³/mol. The minimum atomic E-state index is -0.211. The molecule has 0 saturated carbocycles. The average molecular weight is 287 g/mol. The van der Waals surface area contributed by atoms with Crippen LogP contribution in [0.3, 0.4) is 0 Å². The van der Waals surface area contributed by atoms with Crippen molar-refractivity contribution < 1.29 is 4.79 Å². The highest BCUT2D eigenvalue weighted by Crippen LogP contribution is 2.16. The number of rotatable bonds is 4. The van der Waals surface area contributed by atoms with Crippen LogP contribution in [0.5, 0.6) is 0 Å². The van der Waals surface area contributed by atoms with E-state index in [2.05, 4.69) is 10.3 Å². The second kappa shape index (κ2) is 6.08. The third-order valence-electron chi connectivity index (χ3n) is 3.60. The first-order valence-corrected chi connectivity index (χ1v) is 7.19. The molecule has 0 fully saturated rings. The van der Waals surface area contributed by atoms with E-state index in [-0.39, 0.29) is 18.0 Å². The fraction of sp³-hybridized carbons (Fsp3) is 0.438. The van der Waals surface area contributed by atoms with Crippen molar-refractivity contribution in [3.8, 4) is 0 Å². The van der Waals surface area contributed by atoms with Gasteiger partial charge < -0.3 is 5.32 Å². The van der Waals surface area contributed by atoms with Crippen LogP contribution in [-0.4, -0.2) is 22.0 Å². The lowest BCUT2D eigenvalue weighted by Crippen LogP contribution is -2.34. The highest BCUT2D eigenvalue weighted by atomic mass is 16.2. The number of amides is 1. The maximum Gasteiger partial charge on any atom is 0.272 e. The van der Waals surface area contributed by atoms with Gasteiger partial charge in [-0.3, -0.25) is 14.2 Å². The number of aromatic nitrogens is 2. The number of hydrogen-bond donors (Lipinski definition) is 1. The summed E-state index contributed by atoms with van der Waals surface area (Å²) >= 11 is 0. The smallest absolute Gasteiger partial charge is 0.272 e. The molecule has 1 heterocycles. The van der Waals surface area contributed by atoms with Gasteiger partial charge in [0, 0.05) is 6.54 Å². The Kier molecular flexibility index (Phi) is 4.40. The van der Waals surface area contributed by atoms with E-state index in [1.807, 2.05) is 32.9 Å². The van der Waals surface area contributed by atoms with E-state index in [1.165, 1.54) is 4.57 Å². The Morgan fingerprint density at radius 3 is 2.57 bits per heavy atom. The molecule has 1 aromatic carbocycles. The van der Waals surface area contributed by atoms with Crippen LogP contribution in [0.15, 0.2) is 16.9 Å². The highest BCUT2D eigenvalue weighted by Gasteiger charge is 2.12. The van der Waals surface area contributed by atoms with Gasteiger partial charge in [-0.25, -0.2) is 4.98 Å². The summed E-state index contributed by atoms with van der Waals surface area (Å²) in [6.07, 6.45) is 0.870. The summed E-state index contributed by atoms with van der Waals surface area (Å²) in [6.45, 7) is 8.31. The van der Waals surface area contributed by atoms with Crippen molar-refractivity contribution in [2.45, 2.75) is 40.7 Å². The first-order chi connectivity index (χ1) is 9.93. The molecule has 0 radical (unpaired) electrons. The van der Waals surface area contributed by atoms with Gasteiger partial charge in [-0.15, -0.1) is 0 Å². The van der Waals surface area contributed by atoms with Crippen LogP contribution < -0.4 is 10.9 Å². The SMILES string of the molecule is CCCNC(=O)Cn1c(=O)c(C)nc2cc(C)c(C)cc21. The maximum atomic E-state index is 12.3. The summed E-state index contributed by atoms with van der Waals surface area (Å²) < 4.78 is 1.51. The average Bonchev–Trinajstić information content (AvgIpc) is 2.44. The molecule has 0 aliphatic heterocycles. The zero-order valence-corrected chi connectivity index (χ0v) is 13.0. The third-order valence-corrected chi connectivity index (χ3v) is 3.60. The Labute approximate surface area is 124 Å². The number of hydrogen-bond acceptors (Lipinski definition) is 3. The number of nitrogens with zero attached hydrogens (tertiary/aromatic N) is 2. The fourth-order valence-corrected chi connectivity index (χ4v) is 2.25. The van der Waals surface area contributed by atoms with Gasteiger partial charge in [-0.1, -0.05) is 6.92 Å². The minimum absolute atomic E-state index is 0.0290. The van der Waals surface area contributed by atoms with Gasteiger partial charge in [0.05, 0.1) is 11.0 Å². The molecule has 5 nitrogen and oxygen atoms in total. The maximum absolute atomic E-state index is 12.3. The van der Waals surface area contributed by atoms with Crippen LogP contribution in [0.2, 0.25) is 0 Å². The molecule has 0 aliphatic carbocycles. The number of aryl methyl sites for hydroxylation is 3. The molecule has 2 rings (SSSR count). The Morgan fingerprint density at radius 1 is 1.24 bits per heavy atom. The quantitative estimate of drug-likeness (QED) is 0.933. The number of carbonyl (C=O) groups excluding carboxylic acids is 1. The second-order valence-electron chi connectivity index (χ2n) is 5.36. The van der Waals surface area contributed by atoms with E-state index < -0.39 is 0 Å². The predicted octanol–water partition coefficient (Wildman–Crippen LogP) is 1.85. The van der Waals surface area contributed by atoms with Crippen LogP contribution in [0.1, 0.15) is 30.2 Å². The lowest BCUT2D eigenvalue weighted by atomic mass is 10.1. The van der Waals surface area contributed by atoms with Crippen molar-refractivity contribution in [2.24, 2.45) is 0 Å². The summed E-state index contributed by atoms with van der Waals surface area (Å²) in [6, 6.07) is 3.88. The molecule has 1 amide bonds. The van der Waals surface area contributed by atoms with Gasteiger partial charge in [0.2, 0.25) is 5.91 Å². The number of fused-ring (bicyclic) bond motifs is 1. The molecule has 0 atom stereocenters. The van der Waals surface area contributed by atoms with Crippen molar-refractivity contribution in [3.05, 3.63) is 39.3 Å². The Bertz CT molecular complexity index is 747. The van der Waals surface area contributed by atoms with E-state index in [1.54, 1.807) is 6.92 Å². The normalized spacial score (nSPS) is 10.9. The zero-order chi connectivity index (χ0) is 15.6. The molecule has 0 spiro atoms. The van der Waals surface area contributed by atoms with Crippen LogP contribution in [0, 0.1) is 20.8 Å². The fourth-order valence-electron chi connectivity index (χ4n) is 2.25. The standard InChI is InChI=1S/C16H21N3O2/c1-5-6-17-15(20)9-19-14-8-11(3)10(2)7-13(14)18-12(4)16(19)21/h7-8H,5-6,9H2,1-4H3,(H,17,20). The second-order valence-corrected chi connectivity index (χ2v) is 5.36. The van der Waals surface area contributed by atoms with Crippen LogP contribution in [0.25, 0.3) is 11.0 Å². The molecular formula is C16H21N3O2. The highest BCUT2D eigenvalue weighted by molar-refractivity contribution is 5.81. The van der Waals surface area contributed by atoms with Gasteiger partial charge in [0.1, 0.15) is 12.2 Å². The number of carbonyl (C=O) groups is 1. The van der Waals surface area contributed by atoms with Crippen LogP contribution in [-0.2, 0) is 11.3 Å². The molecule has 0 unspecified atom stereocenters. The van der Waals surface area contributed by atoms with Crippen LogP contribution >= 0.6 is 0 Å². The van der Waals surface area contributed by atoms with Crippen molar-refractivity contribution >= 4 is 16.9 Å². The molecule has 0 bridgehead atoms. The Morgan fingerprint density at radius 2 is 1.90 bits per heavy atom. The summed E-state index contributed by atoms with van der Waals surface area (Å²) in [4.78, 5) is 28.6. The van der Waals surface area contributed by atoms with Gasteiger partial charge in [-0.2, -0.15) is 0 Å². The lowest BCUT2D eigenvalue weighted by molar-refractivity contribution is -0.121. The van der Waals surface area contributed by atoms with Crippen molar-refractivity contribution in [2.75, 3.05) is 6.54 Å². The Hall–Kier alpha value is -2.17. The van der Waals surface area contributed by atoms with Crippen molar-refractivity contribution in [1.82, 2.24) is 14.9 Å². The van der Waals surface area contributed by atoms with Crippen LogP contribution in [0.4, 0.5) is 0 Å². The zero-order valence-electron chi connectivity index (χ0n) is 13.0. The lowest BCUT2D eigenvalue weighted by Gasteiger charge is -2.13. The molecule has 21 heavy (non-hydrogen) atoms. The van der Waals surface area contributed by atoms with Gasteiger partial charge >= 0.3 is 0 Å². The first kappa shape index (κ1) is 15.2. The molecule has 0 saturated heterocycles. The topological polar surface area (TPSA) is 64.0 Å². The molecule has 112 valence electrons. The van der Waals surface area contributed by atoms with Crippen molar-refractivity contribution in [1.29, 1.82) is 0 Å². The van der Waals surface area contributed by atoms with E-state index in [9.17, 15) is 9.59 Å². The molecule has 1 aromatic heterocycles. The van der Waals surface area contributed by atoms with Gasteiger partial charge in [0.25, 0.3) is 5.56 Å². The van der Waals surface area contributed by atoms with E-state index in [4.69, 9.17) is 0 Å².